The van der Waals surface area contributed by atoms with E-state index in [0.29, 0.717) is 6.42 Å². The average molecular weight is 204 g/mol. The van der Waals surface area contributed by atoms with E-state index in [1.54, 1.807) is 6.92 Å². The minimum absolute atomic E-state index is 0.0608. The molecule has 0 aromatic carbocycles. The van der Waals surface area contributed by atoms with Gasteiger partial charge in [0.15, 0.2) is 0 Å². The summed E-state index contributed by atoms with van der Waals surface area (Å²) in [5.41, 5.74) is 4.85. The van der Waals surface area contributed by atoms with E-state index in [1.165, 1.54) is 13.0 Å². The van der Waals surface area contributed by atoms with E-state index >= 15 is 0 Å². The lowest BCUT2D eigenvalue weighted by atomic mass is 10.0. The molecule has 0 atom stereocenters. The van der Waals surface area contributed by atoms with E-state index in [4.69, 9.17) is 5.73 Å². The number of aromatic nitrogens is 1. The van der Waals surface area contributed by atoms with Crippen molar-refractivity contribution >= 4 is 5.82 Å². The molecule has 0 fully saturated rings. The Hall–Kier alpha value is -1.26. The lowest BCUT2D eigenvalue weighted by molar-refractivity contribution is -0.138. The van der Waals surface area contributed by atoms with Crippen LogP contribution in [0.15, 0.2) is 6.07 Å². The molecular weight excluding hydrogens is 193 g/mol. The Labute approximate surface area is 79.9 Å². The highest BCUT2D eigenvalue weighted by atomic mass is 19.4. The molecule has 0 bridgehead atoms. The van der Waals surface area contributed by atoms with Crippen molar-refractivity contribution in [1.82, 2.24) is 4.98 Å². The third kappa shape index (κ3) is 1.97. The lowest BCUT2D eigenvalue weighted by Crippen LogP contribution is -2.13. The van der Waals surface area contributed by atoms with Gasteiger partial charge in [0, 0.05) is 0 Å². The molecule has 1 aromatic rings. The van der Waals surface area contributed by atoms with Gasteiger partial charge in [0.1, 0.15) is 5.82 Å². The maximum atomic E-state index is 12.5. The summed E-state index contributed by atoms with van der Waals surface area (Å²) in [6, 6.07) is 1.27. The molecule has 0 amide bonds. The normalized spacial score (nSPS) is 11.8. The smallest absolute Gasteiger partial charge is 0.384 e. The van der Waals surface area contributed by atoms with E-state index in [-0.39, 0.29) is 17.1 Å². The van der Waals surface area contributed by atoms with Gasteiger partial charge in [0.05, 0.1) is 11.3 Å². The molecule has 5 heteroatoms. The first-order valence-corrected chi connectivity index (χ1v) is 4.19. The zero-order valence-corrected chi connectivity index (χ0v) is 7.94. The summed E-state index contributed by atoms with van der Waals surface area (Å²) in [4.78, 5) is 3.61. The van der Waals surface area contributed by atoms with Gasteiger partial charge in [0.2, 0.25) is 0 Å². The molecule has 0 aliphatic carbocycles. The second-order valence-electron chi connectivity index (χ2n) is 3.02. The maximum absolute atomic E-state index is 12.5. The number of alkyl halides is 3. The standard InChI is InChI=1S/C9H11F3N2/c1-3-6-4-7(13)14-5(2)8(6)9(10,11)12/h4H,3H2,1-2H3,(H2,13,14). The summed E-state index contributed by atoms with van der Waals surface area (Å²) >= 11 is 0. The van der Waals surface area contributed by atoms with Crippen molar-refractivity contribution in [3.63, 3.8) is 0 Å². The van der Waals surface area contributed by atoms with Gasteiger partial charge < -0.3 is 5.73 Å². The highest BCUT2D eigenvalue weighted by Crippen LogP contribution is 2.34. The van der Waals surface area contributed by atoms with Crippen LogP contribution in [0.4, 0.5) is 19.0 Å². The zero-order valence-electron chi connectivity index (χ0n) is 7.94. The Morgan fingerprint density at radius 2 is 2.00 bits per heavy atom. The molecule has 1 aromatic heterocycles. The van der Waals surface area contributed by atoms with Gasteiger partial charge in [-0.25, -0.2) is 4.98 Å². The molecule has 0 spiro atoms. The van der Waals surface area contributed by atoms with Crippen LogP contribution < -0.4 is 5.73 Å². The van der Waals surface area contributed by atoms with Gasteiger partial charge >= 0.3 is 6.18 Å². The summed E-state index contributed by atoms with van der Waals surface area (Å²) in [6.45, 7) is 2.97. The fourth-order valence-electron chi connectivity index (χ4n) is 1.43. The van der Waals surface area contributed by atoms with E-state index in [0.717, 1.165) is 0 Å². The number of halogens is 3. The minimum atomic E-state index is -4.35. The van der Waals surface area contributed by atoms with Crippen LogP contribution in [-0.2, 0) is 12.6 Å². The first-order chi connectivity index (χ1) is 6.36. The van der Waals surface area contributed by atoms with E-state index in [9.17, 15) is 13.2 Å². The molecule has 1 heterocycles. The largest absolute Gasteiger partial charge is 0.418 e. The molecular formula is C9H11F3N2. The highest BCUT2D eigenvalue weighted by Gasteiger charge is 2.35. The molecule has 78 valence electrons. The zero-order chi connectivity index (χ0) is 10.9. The predicted octanol–water partition coefficient (Wildman–Crippen LogP) is 2.55. The molecule has 0 saturated heterocycles. The van der Waals surface area contributed by atoms with Crippen molar-refractivity contribution < 1.29 is 13.2 Å². The van der Waals surface area contributed by atoms with Gasteiger partial charge in [0.25, 0.3) is 0 Å². The Morgan fingerprint density at radius 1 is 1.43 bits per heavy atom. The van der Waals surface area contributed by atoms with Crippen LogP contribution in [0, 0.1) is 6.92 Å². The molecule has 1 rings (SSSR count). The monoisotopic (exact) mass is 204 g/mol. The molecule has 0 unspecified atom stereocenters. The summed E-state index contributed by atoms with van der Waals surface area (Å²) in [6.07, 6.45) is -4.06. The lowest BCUT2D eigenvalue weighted by Gasteiger charge is -2.14. The molecule has 0 aliphatic rings. The van der Waals surface area contributed by atoms with E-state index in [1.807, 2.05) is 0 Å². The SMILES string of the molecule is CCc1cc(N)nc(C)c1C(F)(F)F. The number of pyridine rings is 1. The average Bonchev–Trinajstić information content (AvgIpc) is 1.99. The Balaban J connectivity index is 3.40. The number of hydrogen-bond donors (Lipinski definition) is 1. The van der Waals surface area contributed by atoms with E-state index in [2.05, 4.69) is 4.98 Å². The molecule has 2 nitrogen and oxygen atoms in total. The van der Waals surface area contributed by atoms with Gasteiger partial charge in [-0.05, 0) is 25.0 Å². The van der Waals surface area contributed by atoms with Gasteiger partial charge in [-0.2, -0.15) is 13.2 Å². The summed E-state index contributed by atoms with van der Waals surface area (Å²) in [7, 11) is 0. The van der Waals surface area contributed by atoms with Crippen molar-refractivity contribution in [3.05, 3.63) is 22.9 Å². The number of anilines is 1. The van der Waals surface area contributed by atoms with Crippen LogP contribution in [0.3, 0.4) is 0 Å². The minimum Gasteiger partial charge on any atom is -0.384 e. The van der Waals surface area contributed by atoms with Crippen LogP contribution in [0.5, 0.6) is 0 Å². The van der Waals surface area contributed by atoms with Gasteiger partial charge in [-0.1, -0.05) is 6.92 Å². The number of aryl methyl sites for hydroxylation is 2. The third-order valence-corrected chi connectivity index (χ3v) is 1.97. The fraction of sp³-hybridized carbons (Fsp3) is 0.444. The van der Waals surface area contributed by atoms with Crippen molar-refractivity contribution in [2.24, 2.45) is 0 Å². The molecule has 0 aliphatic heterocycles. The summed E-state index contributed by atoms with van der Waals surface area (Å²) in [5.74, 6) is 0.132. The second-order valence-corrected chi connectivity index (χ2v) is 3.02. The Morgan fingerprint density at radius 3 is 2.43 bits per heavy atom. The number of nitrogens with zero attached hydrogens (tertiary/aromatic N) is 1. The number of rotatable bonds is 1. The van der Waals surface area contributed by atoms with E-state index < -0.39 is 11.7 Å². The summed E-state index contributed by atoms with van der Waals surface area (Å²) in [5, 5.41) is 0. The van der Waals surface area contributed by atoms with Crippen molar-refractivity contribution in [1.29, 1.82) is 0 Å². The Bertz CT molecular complexity index is 345. The van der Waals surface area contributed by atoms with Crippen molar-refractivity contribution in [3.8, 4) is 0 Å². The molecule has 0 saturated carbocycles. The predicted molar refractivity (Wildman–Crippen MR) is 47.8 cm³/mol. The topological polar surface area (TPSA) is 38.9 Å². The van der Waals surface area contributed by atoms with Crippen molar-refractivity contribution in [2.75, 3.05) is 5.73 Å². The second kappa shape index (κ2) is 3.48. The van der Waals surface area contributed by atoms with Gasteiger partial charge in [-0.3, -0.25) is 0 Å². The fourth-order valence-corrected chi connectivity index (χ4v) is 1.43. The number of nitrogen functional groups attached to an aromatic ring is 1. The third-order valence-electron chi connectivity index (χ3n) is 1.97. The first kappa shape index (κ1) is 10.8. The molecule has 14 heavy (non-hydrogen) atoms. The van der Waals surface area contributed by atoms with Crippen LogP contribution in [-0.4, -0.2) is 4.98 Å². The van der Waals surface area contributed by atoms with Crippen molar-refractivity contribution in [2.45, 2.75) is 26.4 Å². The van der Waals surface area contributed by atoms with Gasteiger partial charge in [-0.15, -0.1) is 0 Å². The first-order valence-electron chi connectivity index (χ1n) is 4.19. The number of nitrogens with two attached hydrogens (primary N) is 1. The molecule has 2 N–H and O–H groups in total. The van der Waals surface area contributed by atoms with Crippen LogP contribution in [0.1, 0.15) is 23.7 Å². The maximum Gasteiger partial charge on any atom is 0.418 e. The molecule has 0 radical (unpaired) electrons. The number of hydrogen-bond acceptors (Lipinski definition) is 2. The highest BCUT2D eigenvalue weighted by molar-refractivity contribution is 5.42. The van der Waals surface area contributed by atoms with Crippen LogP contribution >= 0.6 is 0 Å². The van der Waals surface area contributed by atoms with Crippen LogP contribution in [0.25, 0.3) is 0 Å². The summed E-state index contributed by atoms with van der Waals surface area (Å²) < 4.78 is 37.6. The van der Waals surface area contributed by atoms with Crippen LogP contribution in [0.2, 0.25) is 0 Å². The Kier molecular flexibility index (Phi) is 2.69. The quantitative estimate of drug-likeness (QED) is 0.763.